The molecule has 1 aromatic rings. The Kier molecular flexibility index (Phi) is 5.59. The molecule has 6 heteroatoms. The SMILES string of the molecule is CC1(C)Cc2nc(N3CCC(O)CC3)ncc2C(NC(=O)C2CCCCC2)C1. The smallest absolute Gasteiger partial charge is 0.225 e. The molecule has 1 aromatic heterocycles. The van der Waals surface area contributed by atoms with Gasteiger partial charge < -0.3 is 15.3 Å². The predicted octanol–water partition coefficient (Wildman–Crippen LogP) is 3.15. The number of aliphatic hydroxyl groups excluding tert-OH is 1. The molecule has 2 fully saturated rings. The van der Waals surface area contributed by atoms with Crippen LogP contribution in [0.5, 0.6) is 0 Å². The molecular formula is C22H34N4O2. The summed E-state index contributed by atoms with van der Waals surface area (Å²) in [7, 11) is 0. The highest BCUT2D eigenvalue weighted by atomic mass is 16.3. The van der Waals surface area contributed by atoms with E-state index in [-0.39, 0.29) is 29.4 Å². The lowest BCUT2D eigenvalue weighted by Crippen LogP contribution is -2.41. The summed E-state index contributed by atoms with van der Waals surface area (Å²) in [6.45, 7) is 6.11. The summed E-state index contributed by atoms with van der Waals surface area (Å²) >= 11 is 0. The first-order chi connectivity index (χ1) is 13.4. The van der Waals surface area contributed by atoms with Gasteiger partial charge in [0.25, 0.3) is 0 Å². The molecule has 0 spiro atoms. The number of hydrogen-bond donors (Lipinski definition) is 2. The Bertz CT molecular complexity index is 706. The third-order valence-corrected chi connectivity index (χ3v) is 6.71. The fourth-order valence-electron chi connectivity index (χ4n) is 5.04. The Labute approximate surface area is 168 Å². The normalized spacial score (nSPS) is 26.0. The van der Waals surface area contributed by atoms with E-state index in [0.717, 1.165) is 68.8 Å². The van der Waals surface area contributed by atoms with E-state index in [4.69, 9.17) is 4.98 Å². The number of aliphatic hydroxyl groups is 1. The van der Waals surface area contributed by atoms with Gasteiger partial charge in [-0.1, -0.05) is 33.1 Å². The Morgan fingerprint density at radius 2 is 1.89 bits per heavy atom. The lowest BCUT2D eigenvalue weighted by Gasteiger charge is -2.38. The zero-order chi connectivity index (χ0) is 19.7. The lowest BCUT2D eigenvalue weighted by molar-refractivity contribution is -0.127. The van der Waals surface area contributed by atoms with E-state index in [1.54, 1.807) is 0 Å². The van der Waals surface area contributed by atoms with Gasteiger partial charge in [-0.05, 0) is 43.9 Å². The number of anilines is 1. The third-order valence-electron chi connectivity index (χ3n) is 6.71. The number of hydrogen-bond acceptors (Lipinski definition) is 5. The van der Waals surface area contributed by atoms with Crippen LogP contribution in [0, 0.1) is 11.3 Å². The first-order valence-corrected chi connectivity index (χ1v) is 11.0. The largest absolute Gasteiger partial charge is 0.393 e. The van der Waals surface area contributed by atoms with E-state index in [2.05, 4.69) is 29.0 Å². The van der Waals surface area contributed by atoms with E-state index in [1.807, 2.05) is 6.20 Å². The molecule has 6 nitrogen and oxygen atoms in total. The fraction of sp³-hybridized carbons (Fsp3) is 0.773. The maximum absolute atomic E-state index is 12.8. The molecule has 2 N–H and O–H groups in total. The van der Waals surface area contributed by atoms with Gasteiger partial charge in [0.2, 0.25) is 11.9 Å². The third kappa shape index (κ3) is 4.32. The number of carbonyl (C=O) groups is 1. The second-order valence-electron chi connectivity index (χ2n) is 9.73. The summed E-state index contributed by atoms with van der Waals surface area (Å²) in [5, 5.41) is 13.1. The maximum Gasteiger partial charge on any atom is 0.225 e. The van der Waals surface area contributed by atoms with Crippen molar-refractivity contribution in [1.82, 2.24) is 15.3 Å². The zero-order valence-corrected chi connectivity index (χ0v) is 17.3. The number of nitrogens with one attached hydrogen (secondary N) is 1. The molecule has 1 aliphatic heterocycles. The molecule has 154 valence electrons. The minimum Gasteiger partial charge on any atom is -0.393 e. The van der Waals surface area contributed by atoms with Crippen LogP contribution in [0.1, 0.15) is 82.5 Å². The monoisotopic (exact) mass is 386 g/mol. The summed E-state index contributed by atoms with van der Waals surface area (Å²) in [5.41, 5.74) is 2.26. The molecule has 1 amide bonds. The molecule has 0 bridgehead atoms. The Hall–Kier alpha value is -1.69. The van der Waals surface area contributed by atoms with E-state index in [0.29, 0.717) is 0 Å². The standard InChI is InChI=1S/C22H34N4O2/c1-22(2)12-18(24-20(28)15-6-4-3-5-7-15)17-14-23-21(25-19(17)13-22)26-10-8-16(27)9-11-26/h14-16,18,27H,3-13H2,1-2H3,(H,24,28). The van der Waals surface area contributed by atoms with Crippen LogP contribution in [0.3, 0.4) is 0 Å². The molecule has 1 saturated carbocycles. The van der Waals surface area contributed by atoms with Crippen LogP contribution >= 0.6 is 0 Å². The molecule has 2 heterocycles. The van der Waals surface area contributed by atoms with Crippen LogP contribution < -0.4 is 10.2 Å². The van der Waals surface area contributed by atoms with Crippen molar-refractivity contribution in [3.05, 3.63) is 17.5 Å². The average Bonchev–Trinajstić information content (AvgIpc) is 2.68. The Morgan fingerprint density at radius 1 is 1.18 bits per heavy atom. The van der Waals surface area contributed by atoms with Crippen molar-refractivity contribution >= 4 is 11.9 Å². The number of aromatic nitrogens is 2. The van der Waals surface area contributed by atoms with Gasteiger partial charge >= 0.3 is 0 Å². The van der Waals surface area contributed by atoms with Gasteiger partial charge in [-0.2, -0.15) is 0 Å². The van der Waals surface area contributed by atoms with Crippen LogP contribution in [-0.2, 0) is 11.2 Å². The van der Waals surface area contributed by atoms with Gasteiger partial charge in [-0.3, -0.25) is 4.79 Å². The highest BCUT2D eigenvalue weighted by Gasteiger charge is 2.36. The quantitative estimate of drug-likeness (QED) is 0.834. The molecular weight excluding hydrogens is 352 g/mol. The summed E-state index contributed by atoms with van der Waals surface area (Å²) in [6.07, 6.45) is 10.7. The molecule has 0 aromatic carbocycles. The summed E-state index contributed by atoms with van der Waals surface area (Å²) in [5.74, 6) is 1.14. The van der Waals surface area contributed by atoms with Crippen molar-refractivity contribution in [3.8, 4) is 0 Å². The predicted molar refractivity (Wildman–Crippen MR) is 109 cm³/mol. The molecule has 4 rings (SSSR count). The van der Waals surface area contributed by atoms with E-state index >= 15 is 0 Å². The average molecular weight is 387 g/mol. The molecule has 28 heavy (non-hydrogen) atoms. The first kappa shape index (κ1) is 19.6. The minimum atomic E-state index is -0.202. The molecule has 0 radical (unpaired) electrons. The maximum atomic E-state index is 12.8. The summed E-state index contributed by atoms with van der Waals surface area (Å²) < 4.78 is 0. The van der Waals surface area contributed by atoms with Gasteiger partial charge in [0.05, 0.1) is 17.8 Å². The van der Waals surface area contributed by atoms with Crippen LogP contribution in [0.25, 0.3) is 0 Å². The molecule has 1 unspecified atom stereocenters. The molecule has 1 atom stereocenters. The van der Waals surface area contributed by atoms with Gasteiger partial charge in [0.15, 0.2) is 0 Å². The molecule has 1 saturated heterocycles. The second-order valence-corrected chi connectivity index (χ2v) is 9.73. The van der Waals surface area contributed by atoms with E-state index in [1.165, 1.54) is 19.3 Å². The van der Waals surface area contributed by atoms with Crippen molar-refractivity contribution in [2.75, 3.05) is 18.0 Å². The van der Waals surface area contributed by atoms with E-state index in [9.17, 15) is 9.90 Å². The molecule has 2 aliphatic carbocycles. The van der Waals surface area contributed by atoms with Crippen LogP contribution in [0.15, 0.2) is 6.20 Å². The van der Waals surface area contributed by atoms with Crippen molar-refractivity contribution in [3.63, 3.8) is 0 Å². The van der Waals surface area contributed by atoms with Crippen LogP contribution in [0.4, 0.5) is 5.95 Å². The van der Waals surface area contributed by atoms with Crippen LogP contribution in [0.2, 0.25) is 0 Å². The van der Waals surface area contributed by atoms with Gasteiger partial charge in [0, 0.05) is 30.8 Å². The highest BCUT2D eigenvalue weighted by Crippen LogP contribution is 2.40. The summed E-state index contributed by atoms with van der Waals surface area (Å²) in [6, 6.07) is 0.00500. The van der Waals surface area contributed by atoms with Crippen molar-refractivity contribution in [1.29, 1.82) is 0 Å². The second kappa shape index (κ2) is 7.97. The van der Waals surface area contributed by atoms with Gasteiger partial charge in [-0.15, -0.1) is 0 Å². The lowest BCUT2D eigenvalue weighted by atomic mass is 9.74. The van der Waals surface area contributed by atoms with Gasteiger partial charge in [-0.25, -0.2) is 9.97 Å². The molecule has 3 aliphatic rings. The number of piperidine rings is 1. The van der Waals surface area contributed by atoms with Crippen molar-refractivity contribution in [2.45, 2.75) is 83.8 Å². The van der Waals surface area contributed by atoms with Crippen LogP contribution in [-0.4, -0.2) is 40.2 Å². The Balaban J connectivity index is 1.53. The number of carbonyl (C=O) groups excluding carboxylic acids is 1. The minimum absolute atomic E-state index is 0.00500. The number of amides is 1. The number of nitrogens with zero attached hydrogens (tertiary/aromatic N) is 3. The topological polar surface area (TPSA) is 78.3 Å². The fourth-order valence-corrected chi connectivity index (χ4v) is 5.04. The first-order valence-electron chi connectivity index (χ1n) is 11.0. The summed E-state index contributed by atoms with van der Waals surface area (Å²) in [4.78, 5) is 24.6. The number of fused-ring (bicyclic) bond motifs is 1. The highest BCUT2D eigenvalue weighted by molar-refractivity contribution is 5.79. The number of rotatable bonds is 3. The Morgan fingerprint density at radius 3 is 2.61 bits per heavy atom. The van der Waals surface area contributed by atoms with Gasteiger partial charge in [0.1, 0.15) is 0 Å². The van der Waals surface area contributed by atoms with Crippen molar-refractivity contribution in [2.24, 2.45) is 11.3 Å². The van der Waals surface area contributed by atoms with Crippen molar-refractivity contribution < 1.29 is 9.90 Å². The zero-order valence-electron chi connectivity index (χ0n) is 17.3. The van der Waals surface area contributed by atoms with E-state index < -0.39 is 0 Å².